The van der Waals surface area contributed by atoms with Crippen LogP contribution >= 0.6 is 92.8 Å². The van der Waals surface area contributed by atoms with Gasteiger partial charge in [-0.2, -0.15) is 0 Å². The number of nitrogens with zero attached hydrogens (tertiary/aromatic N) is 6. The molecular formula is C84H120Cl8N6O4Zn2. The topological polar surface area (TPSA) is 148 Å². The van der Waals surface area contributed by atoms with Gasteiger partial charge in [-0.25, -0.2) is 0 Å². The van der Waals surface area contributed by atoms with Gasteiger partial charge in [-0.3, -0.25) is 20.0 Å². The van der Waals surface area contributed by atoms with Crippen LogP contribution in [0.25, 0.3) is 0 Å². The van der Waals surface area contributed by atoms with Crippen LogP contribution in [0.3, 0.4) is 0 Å². The Bertz CT molecular complexity index is 3120. The Balaban J connectivity index is 0.00000149. The van der Waals surface area contributed by atoms with Gasteiger partial charge in [0.05, 0.1) is 44.1 Å². The molecule has 10 nitrogen and oxygen atoms in total. The average molecular weight is 1690 g/mol. The second-order valence-electron chi connectivity index (χ2n) is 35.2. The third kappa shape index (κ3) is 31.3. The molecule has 4 bridgehead atoms. The van der Waals surface area contributed by atoms with Crippen molar-refractivity contribution in [1.29, 1.82) is 0 Å². The van der Waals surface area contributed by atoms with E-state index in [0.717, 1.165) is 34.1 Å². The van der Waals surface area contributed by atoms with E-state index in [9.17, 15) is 20.4 Å². The van der Waals surface area contributed by atoms with E-state index in [1.54, 1.807) is 37.0 Å². The number of halogens is 8. The normalized spacial score (nSPS) is 17.5. The molecule has 6 heterocycles. The molecule has 0 aromatic heterocycles. The van der Waals surface area contributed by atoms with Gasteiger partial charge in [-0.1, -0.05) is 238 Å². The molecule has 0 atom stereocenters. The van der Waals surface area contributed by atoms with Crippen LogP contribution in [0.4, 0.5) is 22.7 Å². The molecule has 0 amide bonds. The fourth-order valence-electron chi connectivity index (χ4n) is 12.2. The molecule has 0 aliphatic carbocycles. The predicted octanol–water partition coefficient (Wildman–Crippen LogP) is 23.2. The summed E-state index contributed by atoms with van der Waals surface area (Å²) in [6, 6.07) is 19.1. The molecule has 0 unspecified atom stereocenters. The van der Waals surface area contributed by atoms with Crippen LogP contribution in [-0.2, 0) is 82.3 Å². The van der Waals surface area contributed by atoms with Gasteiger partial charge in [0.2, 0.25) is 0 Å². The van der Waals surface area contributed by atoms with Crippen molar-refractivity contribution >= 4 is 140 Å². The number of aliphatic imine (C=N–C) groups is 4. The van der Waals surface area contributed by atoms with Crippen LogP contribution in [0, 0.1) is 11.8 Å². The summed E-state index contributed by atoms with van der Waals surface area (Å²) in [7, 11) is 0. The zero-order valence-electron chi connectivity index (χ0n) is 67.3. The zero-order valence-corrected chi connectivity index (χ0v) is 79.3. The van der Waals surface area contributed by atoms with Crippen LogP contribution in [0.5, 0.6) is 23.0 Å². The van der Waals surface area contributed by atoms with E-state index in [0.29, 0.717) is 67.3 Å². The minimum absolute atomic E-state index is 0. The smallest absolute Gasteiger partial charge is 0.872 e. The summed E-state index contributed by atoms with van der Waals surface area (Å²) < 4.78 is 0. The van der Waals surface area contributed by atoms with Crippen molar-refractivity contribution < 1.29 is 59.4 Å². The molecule has 5 aromatic rings. The van der Waals surface area contributed by atoms with E-state index in [1.165, 1.54) is 77.8 Å². The molecule has 6 aliphatic rings. The van der Waals surface area contributed by atoms with E-state index in [-0.39, 0.29) is 105 Å². The zero-order chi connectivity index (χ0) is 77.9. The molecule has 0 spiro atoms. The first-order valence-electron chi connectivity index (χ1n) is 35.7. The molecule has 11 rings (SSSR count). The number of rotatable bonds is 8. The van der Waals surface area contributed by atoms with Crippen LogP contribution in [0.1, 0.15) is 271 Å². The maximum absolute atomic E-state index is 14.3. The van der Waals surface area contributed by atoms with Crippen molar-refractivity contribution in [3.63, 3.8) is 0 Å². The summed E-state index contributed by atoms with van der Waals surface area (Å²) >= 11 is 38.1. The summed E-state index contributed by atoms with van der Waals surface area (Å²) in [5.74, 6) is 1.72. The van der Waals surface area contributed by atoms with Crippen LogP contribution < -0.4 is 20.4 Å². The Kier molecular flexibility index (Phi) is 41.4. The summed E-state index contributed by atoms with van der Waals surface area (Å²) in [4.78, 5) is 25.4. The van der Waals surface area contributed by atoms with Crippen molar-refractivity contribution in [1.82, 2.24) is 9.80 Å². The largest absolute Gasteiger partial charge is 2.00 e. The molecule has 6 fully saturated rings. The Morgan fingerprint density at radius 2 is 0.442 bits per heavy atom. The molecule has 6 aliphatic heterocycles. The van der Waals surface area contributed by atoms with Gasteiger partial charge in [0.25, 0.3) is 0 Å². The fourth-order valence-corrected chi connectivity index (χ4v) is 12.2. The molecule has 104 heavy (non-hydrogen) atoms. The molecule has 0 radical (unpaired) electrons. The van der Waals surface area contributed by atoms with Gasteiger partial charge in [0, 0.05) is 24.9 Å². The molecule has 6 saturated heterocycles. The molecule has 20 heteroatoms. The number of benzene rings is 5. The molecule has 570 valence electrons. The van der Waals surface area contributed by atoms with E-state index in [4.69, 9.17) is 113 Å². The molecular weight excluding hydrogens is 1570 g/mol. The predicted molar refractivity (Wildman–Crippen MR) is 442 cm³/mol. The molecule has 0 saturated carbocycles. The number of alkyl halides is 8. The number of hydrogen-bond donors (Lipinski definition) is 0. The Hall–Kier alpha value is -2.53. The minimum Gasteiger partial charge on any atom is -0.872 e. The maximum Gasteiger partial charge on any atom is 2.00 e. The summed E-state index contributed by atoms with van der Waals surface area (Å²) in [6.07, 6.45) is 15.3. The van der Waals surface area contributed by atoms with Gasteiger partial charge >= 0.3 is 39.0 Å². The second-order valence-corrected chi connectivity index (χ2v) is 38.4. The molecule has 0 N–H and O–H groups in total. The SMILES string of the molecule is C1CN2CCC1CC2.C1CN2CCC1CC2.CC(C)(C)c1cc(C=Nc2cc(N=Cc3cc(C(C)(C)C)cc(C(C)(C)C)c3[O-])c(N=Cc3cc(C(C)(C)C)cc(C(C)(C)C)c3[O-])cc2N=Cc2cc(C(C)(C)C)cc(C(C)(C)C)c2[O-])c([O-])c(C(C)(C)C)c1.ClCCl.ClCCl.ClCCl.ClCCl.[Zn+2].[Zn+2]. The minimum atomic E-state index is -0.441. The Morgan fingerprint density at radius 3 is 0.548 bits per heavy atom. The van der Waals surface area contributed by atoms with Crippen molar-refractivity contribution in [3.05, 3.63) is 127 Å². The molecule has 5 aromatic carbocycles. The van der Waals surface area contributed by atoms with Crippen molar-refractivity contribution in [2.75, 3.05) is 60.6 Å². The standard InChI is InChI=1S/C66H90N4O4.2C7H13N.4CH2Cl2.2Zn/c1-59(2,3)43-25-39(55(71)47(29-43)63(13,14)15)35-67-51-33-53(69-37-41-27-45(61(7,8)9)31-49(57(41)73)65(19,20)21)54(70-38-42-28-46(62(10,11)12)32-50(58(42)74)66(22,23)24)34-52(51)68-36-40-26-44(60(4,5)6)30-48(56(40)72)64(16,17)18;2*1-4-8-5-2-7(1)3-6-8;4*2-1-3;;/h25-38,71-74H,1-24H3;2*7H,1-6H2;4*1H2;;/q;;;;;;;2*+2/p-4. The van der Waals surface area contributed by atoms with E-state index < -0.39 is 21.7 Å². The van der Waals surface area contributed by atoms with Gasteiger partial charge < -0.3 is 30.2 Å². The van der Waals surface area contributed by atoms with Crippen LogP contribution in [0.15, 0.2) is 80.6 Å². The van der Waals surface area contributed by atoms with Crippen molar-refractivity contribution in [2.45, 2.75) is 248 Å². The van der Waals surface area contributed by atoms with Crippen LogP contribution in [-0.4, -0.2) is 95.3 Å². The maximum atomic E-state index is 14.3. The Morgan fingerprint density at radius 1 is 0.288 bits per heavy atom. The van der Waals surface area contributed by atoms with Crippen LogP contribution in [0.2, 0.25) is 0 Å². The fraction of sp³-hybridized carbons (Fsp3) is 0.595. The Labute approximate surface area is 694 Å². The summed E-state index contributed by atoms with van der Waals surface area (Å²) in [6.45, 7) is 58.2. The second kappa shape index (κ2) is 43.3. The third-order valence-corrected chi connectivity index (χ3v) is 18.7. The quantitative estimate of drug-likeness (QED) is 0.0858. The van der Waals surface area contributed by atoms with Crippen molar-refractivity contribution in [2.24, 2.45) is 31.8 Å². The summed E-state index contributed by atoms with van der Waals surface area (Å²) in [5.41, 5.74) is 6.92. The first-order valence-corrected chi connectivity index (χ1v) is 39.9. The average Bonchev–Trinajstić information content (AvgIpc) is 0.797. The number of piperidine rings is 6. The number of fused-ring (bicyclic) bond motifs is 6. The van der Waals surface area contributed by atoms with Gasteiger partial charge in [0.15, 0.2) is 0 Å². The van der Waals surface area contributed by atoms with Gasteiger partial charge in [-0.05, 0) is 212 Å². The van der Waals surface area contributed by atoms with E-state index >= 15 is 0 Å². The first kappa shape index (κ1) is 99.5. The summed E-state index contributed by atoms with van der Waals surface area (Å²) in [5, 5.41) is 58.2. The van der Waals surface area contributed by atoms with Gasteiger partial charge in [0.1, 0.15) is 0 Å². The van der Waals surface area contributed by atoms with E-state index in [1.807, 2.05) is 132 Å². The van der Waals surface area contributed by atoms with Crippen molar-refractivity contribution in [3.8, 4) is 23.0 Å². The van der Waals surface area contributed by atoms with Gasteiger partial charge in [-0.15, -0.1) is 92.8 Å². The monoisotopic (exact) mass is 1680 g/mol. The van der Waals surface area contributed by atoms with E-state index in [2.05, 4.69) is 92.9 Å². The number of hydrogen-bond acceptors (Lipinski definition) is 10. The third-order valence-electron chi connectivity index (χ3n) is 18.7. The first-order chi connectivity index (χ1) is 46.9.